The predicted molar refractivity (Wildman–Crippen MR) is 108 cm³/mol. The van der Waals surface area contributed by atoms with Crippen LogP contribution in [0.15, 0.2) is 53.6 Å². The minimum absolute atomic E-state index is 0.0157. The van der Waals surface area contributed by atoms with E-state index in [2.05, 4.69) is 15.8 Å². The van der Waals surface area contributed by atoms with E-state index < -0.39 is 23.6 Å². The van der Waals surface area contributed by atoms with E-state index in [0.717, 1.165) is 0 Å². The van der Waals surface area contributed by atoms with Gasteiger partial charge in [0, 0.05) is 13.0 Å². The highest BCUT2D eigenvalue weighted by Gasteiger charge is 2.10. The number of halogens is 1. The fourth-order valence-electron chi connectivity index (χ4n) is 2.26. The number of benzene rings is 2. The highest BCUT2D eigenvalue weighted by molar-refractivity contribution is 5.94. The number of hydrogen-bond acceptors (Lipinski definition) is 6. The molecule has 0 saturated carbocycles. The Morgan fingerprint density at radius 2 is 1.83 bits per heavy atom. The summed E-state index contributed by atoms with van der Waals surface area (Å²) in [6.07, 6.45) is 1.42. The molecule has 30 heavy (non-hydrogen) atoms. The first kappa shape index (κ1) is 22.5. The van der Waals surface area contributed by atoms with Crippen LogP contribution in [0.25, 0.3) is 0 Å². The summed E-state index contributed by atoms with van der Waals surface area (Å²) in [6.45, 7) is 1.87. The van der Waals surface area contributed by atoms with Crippen LogP contribution in [-0.4, -0.2) is 43.8 Å². The van der Waals surface area contributed by atoms with Crippen molar-refractivity contribution in [2.75, 3.05) is 19.8 Å². The number of rotatable bonds is 10. The molecular weight excluding hydrogens is 393 g/mol. The van der Waals surface area contributed by atoms with Crippen molar-refractivity contribution in [2.45, 2.75) is 13.3 Å². The van der Waals surface area contributed by atoms with Crippen LogP contribution in [0.1, 0.15) is 29.3 Å². The first-order valence-electron chi connectivity index (χ1n) is 9.22. The molecule has 0 radical (unpaired) electrons. The van der Waals surface area contributed by atoms with Gasteiger partial charge in [0.15, 0.2) is 6.61 Å². The summed E-state index contributed by atoms with van der Waals surface area (Å²) in [5.41, 5.74) is 2.96. The third kappa shape index (κ3) is 7.70. The molecule has 9 heteroatoms. The number of nitrogens with one attached hydrogen (secondary N) is 2. The maximum atomic E-state index is 13.5. The number of hydrazone groups is 1. The van der Waals surface area contributed by atoms with Gasteiger partial charge < -0.3 is 14.8 Å². The molecule has 0 aliphatic heterocycles. The first-order chi connectivity index (χ1) is 14.5. The van der Waals surface area contributed by atoms with Gasteiger partial charge in [0.05, 0.1) is 18.4 Å². The molecule has 2 amide bonds. The molecule has 0 fully saturated rings. The van der Waals surface area contributed by atoms with Crippen LogP contribution in [0.4, 0.5) is 4.39 Å². The zero-order chi connectivity index (χ0) is 21.8. The lowest BCUT2D eigenvalue weighted by atomic mass is 10.2. The molecule has 0 unspecified atom stereocenters. The number of amides is 2. The van der Waals surface area contributed by atoms with Gasteiger partial charge in [-0.3, -0.25) is 9.59 Å². The summed E-state index contributed by atoms with van der Waals surface area (Å²) in [6, 6.07) is 12.3. The molecule has 2 N–H and O–H groups in total. The SMILES string of the molecule is CCOC(=O)COc1ccc(C=NNC(=O)CCNC(=O)c2ccccc2F)cc1. The largest absolute Gasteiger partial charge is 0.482 e. The molecule has 2 aromatic rings. The minimum Gasteiger partial charge on any atom is -0.482 e. The Hall–Kier alpha value is -3.75. The minimum atomic E-state index is -0.624. The zero-order valence-electron chi connectivity index (χ0n) is 16.4. The summed E-state index contributed by atoms with van der Waals surface area (Å²) < 4.78 is 23.5. The van der Waals surface area contributed by atoms with Gasteiger partial charge in [-0.25, -0.2) is 14.6 Å². The van der Waals surface area contributed by atoms with E-state index in [9.17, 15) is 18.8 Å². The maximum Gasteiger partial charge on any atom is 0.344 e. The van der Waals surface area contributed by atoms with Crippen LogP contribution in [0.5, 0.6) is 5.75 Å². The third-order valence-corrected chi connectivity index (χ3v) is 3.70. The molecule has 0 atom stereocenters. The molecule has 0 saturated heterocycles. The summed E-state index contributed by atoms with van der Waals surface area (Å²) in [4.78, 5) is 34.8. The van der Waals surface area contributed by atoms with Crippen molar-refractivity contribution >= 4 is 24.0 Å². The van der Waals surface area contributed by atoms with E-state index in [1.54, 1.807) is 37.3 Å². The Morgan fingerprint density at radius 1 is 1.10 bits per heavy atom. The molecule has 158 valence electrons. The number of nitrogens with zero attached hydrogens (tertiary/aromatic N) is 1. The average molecular weight is 415 g/mol. The second-order valence-electron chi connectivity index (χ2n) is 5.94. The normalized spacial score (nSPS) is 10.5. The smallest absolute Gasteiger partial charge is 0.344 e. The lowest BCUT2D eigenvalue weighted by Gasteiger charge is -2.06. The number of hydrogen-bond donors (Lipinski definition) is 2. The Labute approximate surface area is 173 Å². The average Bonchev–Trinajstić information content (AvgIpc) is 2.73. The van der Waals surface area contributed by atoms with Crippen molar-refractivity contribution in [3.05, 3.63) is 65.5 Å². The van der Waals surface area contributed by atoms with Gasteiger partial charge in [-0.1, -0.05) is 12.1 Å². The maximum absolute atomic E-state index is 13.5. The fraction of sp³-hybridized carbons (Fsp3) is 0.238. The van der Waals surface area contributed by atoms with Crippen LogP contribution in [-0.2, 0) is 14.3 Å². The number of esters is 1. The fourth-order valence-corrected chi connectivity index (χ4v) is 2.26. The van der Waals surface area contributed by atoms with Gasteiger partial charge >= 0.3 is 5.97 Å². The van der Waals surface area contributed by atoms with Crippen LogP contribution in [0, 0.1) is 5.82 Å². The van der Waals surface area contributed by atoms with Gasteiger partial charge in [0.25, 0.3) is 5.91 Å². The van der Waals surface area contributed by atoms with E-state index >= 15 is 0 Å². The van der Waals surface area contributed by atoms with Gasteiger partial charge in [0.2, 0.25) is 5.91 Å². The molecule has 0 aliphatic carbocycles. The molecule has 2 aromatic carbocycles. The molecule has 0 aliphatic rings. The highest BCUT2D eigenvalue weighted by Crippen LogP contribution is 2.11. The van der Waals surface area contributed by atoms with E-state index in [1.165, 1.54) is 24.4 Å². The summed E-state index contributed by atoms with van der Waals surface area (Å²) >= 11 is 0. The lowest BCUT2D eigenvalue weighted by Crippen LogP contribution is -2.29. The van der Waals surface area contributed by atoms with Crippen LogP contribution >= 0.6 is 0 Å². The van der Waals surface area contributed by atoms with Crippen molar-refractivity contribution in [1.29, 1.82) is 0 Å². The standard InChI is InChI=1S/C21H22FN3O5/c1-2-29-20(27)14-30-16-9-7-15(8-10-16)13-24-25-19(26)11-12-23-21(28)17-5-3-4-6-18(17)22/h3-10,13H,2,11-12,14H2,1H3,(H,23,28)(H,25,26). The van der Waals surface area contributed by atoms with E-state index in [4.69, 9.17) is 9.47 Å². The zero-order valence-corrected chi connectivity index (χ0v) is 16.4. The van der Waals surface area contributed by atoms with Crippen molar-refractivity contribution in [3.8, 4) is 5.75 Å². The molecule has 2 rings (SSSR count). The molecule has 0 spiro atoms. The molecule has 0 bridgehead atoms. The van der Waals surface area contributed by atoms with Crippen LogP contribution in [0.2, 0.25) is 0 Å². The number of carbonyl (C=O) groups excluding carboxylic acids is 3. The molecular formula is C21H22FN3O5. The van der Waals surface area contributed by atoms with Gasteiger partial charge in [0.1, 0.15) is 11.6 Å². The van der Waals surface area contributed by atoms with E-state index in [-0.39, 0.29) is 25.1 Å². The van der Waals surface area contributed by atoms with Crippen molar-refractivity contribution in [2.24, 2.45) is 5.10 Å². The quantitative estimate of drug-likeness (QED) is 0.351. The monoisotopic (exact) mass is 415 g/mol. The summed E-state index contributed by atoms with van der Waals surface area (Å²) in [5.74, 6) is -1.57. The number of carbonyl (C=O) groups is 3. The second kappa shape index (κ2) is 11.9. The van der Waals surface area contributed by atoms with Gasteiger partial charge in [-0.2, -0.15) is 5.10 Å². The molecule has 0 aromatic heterocycles. The predicted octanol–water partition coefficient (Wildman–Crippen LogP) is 2.04. The topological polar surface area (TPSA) is 106 Å². The van der Waals surface area contributed by atoms with Crippen LogP contribution < -0.4 is 15.5 Å². The van der Waals surface area contributed by atoms with Crippen LogP contribution in [0.3, 0.4) is 0 Å². The molecule has 8 nitrogen and oxygen atoms in total. The summed E-state index contributed by atoms with van der Waals surface area (Å²) in [5, 5.41) is 6.30. The van der Waals surface area contributed by atoms with Crippen molar-refractivity contribution in [1.82, 2.24) is 10.7 Å². The first-order valence-corrected chi connectivity index (χ1v) is 9.22. The van der Waals surface area contributed by atoms with Gasteiger partial charge in [-0.15, -0.1) is 0 Å². The Bertz CT molecular complexity index is 900. The second-order valence-corrected chi connectivity index (χ2v) is 5.94. The third-order valence-electron chi connectivity index (χ3n) is 3.70. The van der Waals surface area contributed by atoms with Crippen molar-refractivity contribution in [3.63, 3.8) is 0 Å². The van der Waals surface area contributed by atoms with E-state index in [1.807, 2.05) is 0 Å². The van der Waals surface area contributed by atoms with Gasteiger partial charge in [-0.05, 0) is 48.9 Å². The lowest BCUT2D eigenvalue weighted by molar-refractivity contribution is -0.145. The Balaban J connectivity index is 1.69. The Kier molecular flexibility index (Phi) is 8.98. The van der Waals surface area contributed by atoms with E-state index in [0.29, 0.717) is 17.9 Å². The Morgan fingerprint density at radius 3 is 2.53 bits per heavy atom. The molecule has 0 heterocycles. The van der Waals surface area contributed by atoms with Crippen molar-refractivity contribution < 1.29 is 28.2 Å². The number of ether oxygens (including phenoxy) is 2. The highest BCUT2D eigenvalue weighted by atomic mass is 19.1. The summed E-state index contributed by atoms with van der Waals surface area (Å²) in [7, 11) is 0.